The summed E-state index contributed by atoms with van der Waals surface area (Å²) < 4.78 is 0. The number of hydrogen-bond acceptors (Lipinski definition) is 4. The molecule has 0 spiro atoms. The summed E-state index contributed by atoms with van der Waals surface area (Å²) in [5.41, 5.74) is 0.458. The van der Waals surface area contributed by atoms with Gasteiger partial charge in [-0.15, -0.1) is 0 Å². The summed E-state index contributed by atoms with van der Waals surface area (Å²) in [5, 5.41) is 2.88. The zero-order chi connectivity index (χ0) is 14.7. The van der Waals surface area contributed by atoms with E-state index in [1.165, 1.54) is 12.8 Å². The smallest absolute Gasteiger partial charge is 0.270 e. The summed E-state index contributed by atoms with van der Waals surface area (Å²) in [6.07, 6.45) is 2.35. The van der Waals surface area contributed by atoms with Crippen LogP contribution in [0, 0.1) is 12.8 Å². The Morgan fingerprint density at radius 1 is 1.35 bits per heavy atom. The molecule has 1 N–H and O–H groups in total. The molecule has 20 heavy (non-hydrogen) atoms. The van der Waals surface area contributed by atoms with Gasteiger partial charge >= 0.3 is 0 Å². The van der Waals surface area contributed by atoms with Crippen molar-refractivity contribution in [3.8, 4) is 0 Å². The van der Waals surface area contributed by atoms with E-state index < -0.39 is 0 Å². The zero-order valence-electron chi connectivity index (χ0n) is 12.8. The highest BCUT2D eigenvalue weighted by Gasteiger charge is 2.19. The monoisotopic (exact) mass is 276 g/mol. The third-order valence-corrected chi connectivity index (χ3v) is 3.58. The van der Waals surface area contributed by atoms with Crippen molar-refractivity contribution >= 4 is 11.7 Å². The van der Waals surface area contributed by atoms with E-state index in [1.807, 2.05) is 20.8 Å². The minimum Gasteiger partial charge on any atom is -0.356 e. The molecule has 2 heterocycles. The molecule has 0 unspecified atom stereocenters. The van der Waals surface area contributed by atoms with Gasteiger partial charge in [0.05, 0.1) is 0 Å². The molecule has 1 aliphatic heterocycles. The van der Waals surface area contributed by atoms with Crippen molar-refractivity contribution in [3.63, 3.8) is 0 Å². The summed E-state index contributed by atoms with van der Waals surface area (Å²) in [6, 6.07) is 1.91. The largest absolute Gasteiger partial charge is 0.356 e. The maximum atomic E-state index is 12.1. The van der Waals surface area contributed by atoms with E-state index in [0.717, 1.165) is 24.8 Å². The van der Waals surface area contributed by atoms with Crippen LogP contribution in [0.25, 0.3) is 0 Å². The summed E-state index contributed by atoms with van der Waals surface area (Å²) in [6.45, 7) is 10.0. The van der Waals surface area contributed by atoms with E-state index >= 15 is 0 Å². The quantitative estimate of drug-likeness (QED) is 0.919. The van der Waals surface area contributed by atoms with Crippen molar-refractivity contribution in [2.24, 2.45) is 5.92 Å². The van der Waals surface area contributed by atoms with Gasteiger partial charge in [0.1, 0.15) is 17.3 Å². The fourth-order valence-electron chi connectivity index (χ4n) is 2.40. The number of aromatic nitrogens is 2. The number of nitrogens with one attached hydrogen (secondary N) is 1. The number of anilines is 1. The molecular formula is C15H24N4O. The second kappa shape index (κ2) is 6.20. The van der Waals surface area contributed by atoms with Crippen LogP contribution in [0.4, 0.5) is 5.82 Å². The average Bonchev–Trinajstić information content (AvgIpc) is 2.38. The van der Waals surface area contributed by atoms with Crippen molar-refractivity contribution in [1.29, 1.82) is 0 Å². The Bertz CT molecular complexity index is 479. The van der Waals surface area contributed by atoms with Crippen LogP contribution in [0.1, 0.15) is 49.9 Å². The molecule has 110 valence electrons. The number of hydrogen-bond donors (Lipinski definition) is 1. The number of carbonyl (C=O) groups is 1. The highest BCUT2D eigenvalue weighted by Crippen LogP contribution is 2.21. The Balaban J connectivity index is 2.18. The normalized spacial score (nSPS) is 16.6. The van der Waals surface area contributed by atoms with Gasteiger partial charge in [-0.2, -0.15) is 0 Å². The van der Waals surface area contributed by atoms with Gasteiger partial charge in [-0.25, -0.2) is 9.97 Å². The van der Waals surface area contributed by atoms with Crippen LogP contribution >= 0.6 is 0 Å². The van der Waals surface area contributed by atoms with E-state index in [-0.39, 0.29) is 11.9 Å². The van der Waals surface area contributed by atoms with E-state index in [9.17, 15) is 4.79 Å². The first-order valence-electron chi connectivity index (χ1n) is 7.37. The number of aryl methyl sites for hydroxylation is 1. The third kappa shape index (κ3) is 3.68. The van der Waals surface area contributed by atoms with Gasteiger partial charge < -0.3 is 10.2 Å². The minimum absolute atomic E-state index is 0.108. The maximum Gasteiger partial charge on any atom is 0.270 e. The fraction of sp³-hybridized carbons (Fsp3) is 0.667. The van der Waals surface area contributed by atoms with Gasteiger partial charge in [0.15, 0.2) is 0 Å². The molecular weight excluding hydrogens is 252 g/mol. The molecule has 0 aliphatic carbocycles. The first-order valence-corrected chi connectivity index (χ1v) is 7.37. The van der Waals surface area contributed by atoms with Gasteiger partial charge in [-0.1, -0.05) is 6.92 Å². The van der Waals surface area contributed by atoms with Crippen LogP contribution < -0.4 is 10.2 Å². The van der Waals surface area contributed by atoms with Crippen LogP contribution in [0.5, 0.6) is 0 Å². The number of amides is 1. The van der Waals surface area contributed by atoms with Crippen LogP contribution in [-0.4, -0.2) is 35.0 Å². The Morgan fingerprint density at radius 2 is 2.00 bits per heavy atom. The Hall–Kier alpha value is -1.65. The lowest BCUT2D eigenvalue weighted by Crippen LogP contribution is -2.35. The van der Waals surface area contributed by atoms with Gasteiger partial charge in [0.2, 0.25) is 0 Å². The molecule has 1 amide bonds. The fourth-order valence-corrected chi connectivity index (χ4v) is 2.40. The van der Waals surface area contributed by atoms with Gasteiger partial charge in [-0.05, 0) is 39.5 Å². The summed E-state index contributed by atoms with van der Waals surface area (Å²) >= 11 is 0. The standard InChI is InChI=1S/C15H24N4O/c1-10(2)16-15(20)13-9-14(18-12(4)17-13)19-7-5-11(3)6-8-19/h9-11H,5-8H2,1-4H3,(H,16,20). The van der Waals surface area contributed by atoms with Crippen molar-refractivity contribution in [3.05, 3.63) is 17.6 Å². The lowest BCUT2D eigenvalue weighted by molar-refractivity contribution is 0.0937. The molecule has 1 saturated heterocycles. The number of rotatable bonds is 3. The van der Waals surface area contributed by atoms with Crippen LogP contribution in [0.15, 0.2) is 6.07 Å². The lowest BCUT2D eigenvalue weighted by Gasteiger charge is -2.31. The van der Waals surface area contributed by atoms with E-state index in [4.69, 9.17) is 0 Å². The molecule has 1 fully saturated rings. The molecule has 0 saturated carbocycles. The van der Waals surface area contributed by atoms with E-state index in [1.54, 1.807) is 6.07 Å². The second-order valence-corrected chi connectivity index (χ2v) is 5.96. The Kier molecular flexibility index (Phi) is 4.57. The van der Waals surface area contributed by atoms with Crippen molar-refractivity contribution in [2.75, 3.05) is 18.0 Å². The summed E-state index contributed by atoms with van der Waals surface area (Å²) in [7, 11) is 0. The minimum atomic E-state index is -0.128. The molecule has 1 aromatic heterocycles. The van der Waals surface area contributed by atoms with Crippen molar-refractivity contribution in [1.82, 2.24) is 15.3 Å². The van der Waals surface area contributed by atoms with Crippen molar-refractivity contribution < 1.29 is 4.79 Å². The SMILES string of the molecule is Cc1nc(C(=O)NC(C)C)cc(N2CCC(C)CC2)n1. The third-order valence-electron chi connectivity index (χ3n) is 3.58. The molecule has 0 radical (unpaired) electrons. The molecule has 5 nitrogen and oxygen atoms in total. The van der Waals surface area contributed by atoms with E-state index in [0.29, 0.717) is 11.5 Å². The topological polar surface area (TPSA) is 58.1 Å². The highest BCUT2D eigenvalue weighted by atomic mass is 16.1. The average molecular weight is 276 g/mol. The second-order valence-electron chi connectivity index (χ2n) is 5.96. The number of nitrogens with zero attached hydrogens (tertiary/aromatic N) is 3. The molecule has 0 bridgehead atoms. The first kappa shape index (κ1) is 14.8. The zero-order valence-corrected chi connectivity index (χ0v) is 12.8. The van der Waals surface area contributed by atoms with Crippen LogP contribution in [0.3, 0.4) is 0 Å². The molecule has 5 heteroatoms. The van der Waals surface area contributed by atoms with Gasteiger partial charge in [0, 0.05) is 25.2 Å². The molecule has 0 aromatic carbocycles. The number of piperidine rings is 1. The van der Waals surface area contributed by atoms with Crippen LogP contribution in [-0.2, 0) is 0 Å². The first-order chi connectivity index (χ1) is 9.45. The molecule has 1 aromatic rings. The Labute approximate surface area is 120 Å². The van der Waals surface area contributed by atoms with Gasteiger partial charge in [-0.3, -0.25) is 4.79 Å². The summed E-state index contributed by atoms with van der Waals surface area (Å²) in [5.74, 6) is 2.17. The van der Waals surface area contributed by atoms with Crippen LogP contribution in [0.2, 0.25) is 0 Å². The molecule has 0 atom stereocenters. The molecule has 1 aliphatic rings. The predicted molar refractivity (Wildman–Crippen MR) is 80.0 cm³/mol. The Morgan fingerprint density at radius 3 is 2.60 bits per heavy atom. The lowest BCUT2D eigenvalue weighted by atomic mass is 9.99. The highest BCUT2D eigenvalue weighted by molar-refractivity contribution is 5.93. The predicted octanol–water partition coefficient (Wildman–Crippen LogP) is 2.16. The van der Waals surface area contributed by atoms with Crippen molar-refractivity contribution in [2.45, 2.75) is 46.6 Å². The molecule has 2 rings (SSSR count). The van der Waals surface area contributed by atoms with E-state index in [2.05, 4.69) is 27.1 Å². The summed E-state index contributed by atoms with van der Waals surface area (Å²) in [4.78, 5) is 23.1. The van der Waals surface area contributed by atoms with Gasteiger partial charge in [0.25, 0.3) is 5.91 Å². The number of carbonyl (C=O) groups excluding carboxylic acids is 1. The maximum absolute atomic E-state index is 12.1.